The van der Waals surface area contributed by atoms with Gasteiger partial charge in [0, 0.05) is 13.6 Å². The molecule has 0 aliphatic carbocycles. The molecule has 2 rings (SSSR count). The van der Waals surface area contributed by atoms with E-state index in [9.17, 15) is 8.42 Å². The number of rotatable bonds is 4. The summed E-state index contributed by atoms with van der Waals surface area (Å²) >= 11 is 0. The third-order valence-corrected chi connectivity index (χ3v) is 5.42. The van der Waals surface area contributed by atoms with Crippen LogP contribution >= 0.6 is 0 Å². The lowest BCUT2D eigenvalue weighted by Crippen LogP contribution is -2.27. The van der Waals surface area contributed by atoms with Gasteiger partial charge in [0.05, 0.1) is 10.6 Å². The van der Waals surface area contributed by atoms with Crippen molar-refractivity contribution in [1.29, 1.82) is 0 Å². The standard InChI is InChI=1S/C16H20N2O2S/c1-12-5-4-6-15(9-12)18(3)21(19,20)16-10-14(11-17)8-7-13(16)2/h4-10H,11,17H2,1-3H3. The van der Waals surface area contributed by atoms with Crippen molar-refractivity contribution in [3.8, 4) is 0 Å². The fourth-order valence-corrected chi connectivity index (χ4v) is 3.62. The van der Waals surface area contributed by atoms with E-state index >= 15 is 0 Å². The van der Waals surface area contributed by atoms with Crippen LogP contribution in [-0.2, 0) is 16.6 Å². The predicted molar refractivity (Wildman–Crippen MR) is 85.8 cm³/mol. The number of hydrogen-bond donors (Lipinski definition) is 1. The summed E-state index contributed by atoms with van der Waals surface area (Å²) < 4.78 is 26.9. The van der Waals surface area contributed by atoms with E-state index in [1.807, 2.05) is 31.2 Å². The summed E-state index contributed by atoms with van der Waals surface area (Å²) in [7, 11) is -2.03. The highest BCUT2D eigenvalue weighted by Crippen LogP contribution is 2.25. The monoisotopic (exact) mass is 304 g/mol. The van der Waals surface area contributed by atoms with Gasteiger partial charge in [-0.1, -0.05) is 24.3 Å². The topological polar surface area (TPSA) is 63.4 Å². The molecule has 0 aliphatic rings. The average molecular weight is 304 g/mol. The molecule has 5 heteroatoms. The second-order valence-corrected chi connectivity index (χ2v) is 7.05. The van der Waals surface area contributed by atoms with Crippen LogP contribution in [0.2, 0.25) is 0 Å². The Bertz CT molecular complexity index is 755. The van der Waals surface area contributed by atoms with Crippen LogP contribution in [0.4, 0.5) is 5.69 Å². The molecule has 0 radical (unpaired) electrons. The zero-order valence-electron chi connectivity index (χ0n) is 12.5. The van der Waals surface area contributed by atoms with Gasteiger partial charge in [0.15, 0.2) is 0 Å². The summed E-state index contributed by atoms with van der Waals surface area (Å²) in [6.45, 7) is 4.04. The van der Waals surface area contributed by atoms with Gasteiger partial charge in [-0.15, -0.1) is 0 Å². The van der Waals surface area contributed by atoms with Crippen molar-refractivity contribution in [3.63, 3.8) is 0 Å². The molecule has 0 spiro atoms. The number of aryl methyl sites for hydroxylation is 2. The SMILES string of the molecule is Cc1cccc(N(C)S(=O)(=O)c2cc(CN)ccc2C)c1. The predicted octanol–water partition coefficient (Wildman–Crippen LogP) is 2.59. The van der Waals surface area contributed by atoms with Crippen LogP contribution in [-0.4, -0.2) is 15.5 Å². The van der Waals surface area contributed by atoms with Crippen molar-refractivity contribution in [2.24, 2.45) is 5.73 Å². The second-order valence-electron chi connectivity index (χ2n) is 5.12. The molecule has 112 valence electrons. The van der Waals surface area contributed by atoms with E-state index in [-0.39, 0.29) is 0 Å². The first-order valence-corrected chi connectivity index (χ1v) is 8.15. The van der Waals surface area contributed by atoms with E-state index in [1.54, 1.807) is 32.2 Å². The number of nitrogens with zero attached hydrogens (tertiary/aromatic N) is 1. The highest BCUT2D eigenvalue weighted by molar-refractivity contribution is 7.92. The first-order valence-electron chi connectivity index (χ1n) is 6.71. The van der Waals surface area contributed by atoms with Crippen LogP contribution in [0.3, 0.4) is 0 Å². The van der Waals surface area contributed by atoms with Crippen molar-refractivity contribution < 1.29 is 8.42 Å². The maximum Gasteiger partial charge on any atom is 0.264 e. The van der Waals surface area contributed by atoms with E-state index in [4.69, 9.17) is 5.73 Å². The number of sulfonamides is 1. The van der Waals surface area contributed by atoms with Gasteiger partial charge in [-0.3, -0.25) is 4.31 Å². The van der Waals surface area contributed by atoms with Gasteiger partial charge in [-0.25, -0.2) is 8.42 Å². The van der Waals surface area contributed by atoms with Crippen molar-refractivity contribution in [1.82, 2.24) is 0 Å². The van der Waals surface area contributed by atoms with Crippen LogP contribution in [0.15, 0.2) is 47.4 Å². The van der Waals surface area contributed by atoms with Crippen molar-refractivity contribution in [3.05, 3.63) is 59.2 Å². The van der Waals surface area contributed by atoms with Gasteiger partial charge < -0.3 is 5.73 Å². The molecule has 21 heavy (non-hydrogen) atoms. The molecule has 0 bridgehead atoms. The van der Waals surface area contributed by atoms with Crippen molar-refractivity contribution in [2.45, 2.75) is 25.3 Å². The molecule has 0 saturated carbocycles. The van der Waals surface area contributed by atoms with Gasteiger partial charge in [-0.2, -0.15) is 0 Å². The molecule has 0 aromatic heterocycles. The normalized spacial score (nSPS) is 11.4. The Morgan fingerprint density at radius 1 is 1.10 bits per heavy atom. The number of benzene rings is 2. The molecule has 2 aromatic rings. The van der Waals surface area contributed by atoms with Gasteiger partial charge >= 0.3 is 0 Å². The Hall–Kier alpha value is -1.85. The summed E-state index contributed by atoms with van der Waals surface area (Å²) in [6.07, 6.45) is 0. The molecule has 0 aliphatic heterocycles. The minimum Gasteiger partial charge on any atom is -0.326 e. The molecule has 4 nitrogen and oxygen atoms in total. The van der Waals surface area contributed by atoms with Gasteiger partial charge in [-0.05, 0) is 48.7 Å². The Morgan fingerprint density at radius 3 is 2.43 bits per heavy atom. The maximum absolute atomic E-state index is 12.8. The third-order valence-electron chi connectivity index (χ3n) is 3.49. The first-order chi connectivity index (χ1) is 9.86. The average Bonchev–Trinajstić information content (AvgIpc) is 2.46. The van der Waals surface area contributed by atoms with E-state index in [0.29, 0.717) is 22.7 Å². The third kappa shape index (κ3) is 3.09. The molecule has 0 atom stereocenters. The van der Waals surface area contributed by atoms with Crippen LogP contribution in [0.1, 0.15) is 16.7 Å². The molecule has 0 fully saturated rings. The van der Waals surface area contributed by atoms with Gasteiger partial charge in [0.25, 0.3) is 10.0 Å². The van der Waals surface area contributed by atoms with Gasteiger partial charge in [0.2, 0.25) is 0 Å². The van der Waals surface area contributed by atoms with Crippen molar-refractivity contribution in [2.75, 3.05) is 11.4 Å². The minimum atomic E-state index is -3.59. The highest BCUT2D eigenvalue weighted by Gasteiger charge is 2.23. The summed E-state index contributed by atoms with van der Waals surface area (Å²) in [5.41, 5.74) is 8.79. The molecule has 0 unspecified atom stereocenters. The molecular formula is C16H20N2O2S. The molecule has 2 N–H and O–H groups in total. The first kappa shape index (κ1) is 15.5. The highest BCUT2D eigenvalue weighted by atomic mass is 32.2. The smallest absolute Gasteiger partial charge is 0.264 e. The zero-order chi connectivity index (χ0) is 15.6. The fraction of sp³-hybridized carbons (Fsp3) is 0.250. The van der Waals surface area contributed by atoms with Gasteiger partial charge in [0.1, 0.15) is 0 Å². The van der Waals surface area contributed by atoms with Crippen molar-refractivity contribution >= 4 is 15.7 Å². The van der Waals surface area contributed by atoms with Crippen LogP contribution in [0.5, 0.6) is 0 Å². The second kappa shape index (κ2) is 5.87. The number of nitrogens with two attached hydrogens (primary N) is 1. The van der Waals surface area contributed by atoms with Crippen LogP contribution in [0.25, 0.3) is 0 Å². The largest absolute Gasteiger partial charge is 0.326 e. The van der Waals surface area contributed by atoms with Crippen LogP contribution in [0, 0.1) is 13.8 Å². The van der Waals surface area contributed by atoms with Crippen LogP contribution < -0.4 is 10.0 Å². The molecule has 0 heterocycles. The zero-order valence-corrected chi connectivity index (χ0v) is 13.3. The Labute approximate surface area is 126 Å². The van der Waals surface area contributed by atoms with E-state index < -0.39 is 10.0 Å². The summed E-state index contributed by atoms with van der Waals surface area (Å²) in [4.78, 5) is 0.300. The molecule has 0 amide bonds. The number of hydrogen-bond acceptors (Lipinski definition) is 3. The number of anilines is 1. The molecule has 0 saturated heterocycles. The lowest BCUT2D eigenvalue weighted by atomic mass is 10.1. The summed E-state index contributed by atoms with van der Waals surface area (Å²) in [5, 5.41) is 0. The Balaban J connectivity index is 2.51. The quantitative estimate of drug-likeness (QED) is 0.944. The fourth-order valence-electron chi connectivity index (χ4n) is 2.16. The lowest BCUT2D eigenvalue weighted by molar-refractivity contribution is 0.593. The van der Waals surface area contributed by atoms with E-state index in [0.717, 1.165) is 11.1 Å². The molecular weight excluding hydrogens is 284 g/mol. The molecule has 2 aromatic carbocycles. The summed E-state index contributed by atoms with van der Waals surface area (Å²) in [6, 6.07) is 12.7. The van der Waals surface area contributed by atoms with E-state index in [2.05, 4.69) is 0 Å². The summed E-state index contributed by atoms with van der Waals surface area (Å²) in [5.74, 6) is 0. The minimum absolute atomic E-state index is 0.300. The maximum atomic E-state index is 12.8. The lowest BCUT2D eigenvalue weighted by Gasteiger charge is -2.21. The Kier molecular flexibility index (Phi) is 4.34. The van der Waals surface area contributed by atoms with E-state index in [1.165, 1.54) is 4.31 Å². The Morgan fingerprint density at radius 2 is 1.81 bits per heavy atom.